The third kappa shape index (κ3) is 2.44. The number of piperidine rings is 1. The van der Waals surface area contributed by atoms with E-state index in [1.54, 1.807) is 4.90 Å². The average molecular weight is 322 g/mol. The molecule has 1 atom stereocenters. The van der Waals surface area contributed by atoms with E-state index in [-0.39, 0.29) is 5.91 Å². The third-order valence-electron chi connectivity index (χ3n) is 4.79. The average Bonchev–Trinajstić information content (AvgIpc) is 2.88. The van der Waals surface area contributed by atoms with Crippen molar-refractivity contribution in [2.75, 3.05) is 24.2 Å². The maximum absolute atomic E-state index is 13.1. The van der Waals surface area contributed by atoms with Gasteiger partial charge in [0.15, 0.2) is 0 Å². The lowest BCUT2D eigenvalue weighted by Crippen LogP contribution is -2.61. The van der Waals surface area contributed by atoms with E-state index in [2.05, 4.69) is 0 Å². The highest BCUT2D eigenvalue weighted by Crippen LogP contribution is 2.40. The highest BCUT2D eigenvalue weighted by Gasteiger charge is 2.54. The van der Waals surface area contributed by atoms with E-state index >= 15 is 0 Å². The zero-order chi connectivity index (χ0) is 16.0. The standard InChI is InChI=1S/C16H22N2O3S/c1-13-5-7-14(8-6-13)17-11-3-9-16(15(17)19)10-4-12-18(16)22(2,20)21/h5-8H,3-4,9-12H2,1-2H3. The predicted octanol–water partition coefficient (Wildman–Crippen LogP) is 1.92. The normalized spacial score (nSPS) is 26.8. The van der Waals surface area contributed by atoms with Gasteiger partial charge >= 0.3 is 0 Å². The monoisotopic (exact) mass is 322 g/mol. The van der Waals surface area contributed by atoms with Gasteiger partial charge in [0.1, 0.15) is 5.54 Å². The molecule has 2 heterocycles. The summed E-state index contributed by atoms with van der Waals surface area (Å²) in [5.74, 6) is -0.0643. The molecule has 1 amide bonds. The second-order valence-corrected chi connectivity index (χ2v) is 8.27. The summed E-state index contributed by atoms with van der Waals surface area (Å²) in [5, 5.41) is 0. The van der Waals surface area contributed by atoms with Gasteiger partial charge in [-0.1, -0.05) is 17.7 Å². The fourth-order valence-electron chi connectivity index (χ4n) is 3.76. The minimum atomic E-state index is -3.37. The summed E-state index contributed by atoms with van der Waals surface area (Å²) in [6, 6.07) is 7.83. The second-order valence-electron chi connectivity index (χ2n) is 6.37. The molecule has 1 aromatic rings. The molecule has 0 radical (unpaired) electrons. The van der Waals surface area contributed by atoms with Crippen LogP contribution in [0.15, 0.2) is 24.3 Å². The summed E-state index contributed by atoms with van der Waals surface area (Å²) in [5.41, 5.74) is 1.13. The Bertz CT molecular complexity index is 684. The number of carbonyl (C=O) groups is 1. The smallest absolute Gasteiger partial charge is 0.248 e. The predicted molar refractivity (Wildman–Crippen MR) is 86.3 cm³/mol. The molecule has 0 saturated carbocycles. The SMILES string of the molecule is Cc1ccc(N2CCCC3(CCCN3S(C)(=O)=O)C2=O)cc1. The van der Waals surface area contributed by atoms with Gasteiger partial charge in [0.2, 0.25) is 15.9 Å². The Labute approximate surface area is 132 Å². The molecule has 22 heavy (non-hydrogen) atoms. The van der Waals surface area contributed by atoms with Gasteiger partial charge < -0.3 is 4.90 Å². The molecule has 0 N–H and O–H groups in total. The van der Waals surface area contributed by atoms with Crippen LogP contribution < -0.4 is 4.90 Å². The first kappa shape index (κ1) is 15.5. The Hall–Kier alpha value is -1.40. The van der Waals surface area contributed by atoms with Gasteiger partial charge in [-0.05, 0) is 44.7 Å². The van der Waals surface area contributed by atoms with Crippen LogP contribution in [0.2, 0.25) is 0 Å². The quantitative estimate of drug-likeness (QED) is 0.836. The fourth-order valence-corrected chi connectivity index (χ4v) is 5.12. The number of nitrogens with zero attached hydrogens (tertiary/aromatic N) is 2. The summed E-state index contributed by atoms with van der Waals surface area (Å²) in [4.78, 5) is 14.9. The summed E-state index contributed by atoms with van der Waals surface area (Å²) < 4.78 is 25.6. The van der Waals surface area contributed by atoms with Crippen LogP contribution in [0, 0.1) is 6.92 Å². The number of sulfonamides is 1. The number of amides is 1. The number of rotatable bonds is 2. The first-order valence-corrected chi connectivity index (χ1v) is 9.56. The molecule has 6 heteroatoms. The molecular formula is C16H22N2O3S. The first-order valence-electron chi connectivity index (χ1n) is 7.71. The Balaban J connectivity index is 1.97. The third-order valence-corrected chi connectivity index (χ3v) is 6.12. The van der Waals surface area contributed by atoms with Crippen LogP contribution in [-0.2, 0) is 14.8 Å². The van der Waals surface area contributed by atoms with E-state index < -0.39 is 15.6 Å². The number of anilines is 1. The Kier molecular flexibility index (Phi) is 3.77. The molecule has 2 aliphatic rings. The molecule has 2 saturated heterocycles. The maximum atomic E-state index is 13.1. The second kappa shape index (κ2) is 5.35. The minimum absolute atomic E-state index is 0.0643. The van der Waals surface area contributed by atoms with Crippen LogP contribution in [0.4, 0.5) is 5.69 Å². The Morgan fingerprint density at radius 3 is 2.23 bits per heavy atom. The van der Waals surface area contributed by atoms with Gasteiger partial charge in [0, 0.05) is 18.8 Å². The van der Waals surface area contributed by atoms with Gasteiger partial charge in [0.25, 0.3) is 0 Å². The van der Waals surface area contributed by atoms with Gasteiger partial charge in [-0.2, -0.15) is 4.31 Å². The van der Waals surface area contributed by atoms with Gasteiger partial charge in [-0.3, -0.25) is 4.79 Å². The number of hydrogen-bond donors (Lipinski definition) is 0. The zero-order valence-electron chi connectivity index (χ0n) is 13.1. The lowest BCUT2D eigenvalue weighted by atomic mass is 9.86. The molecule has 2 aliphatic heterocycles. The molecule has 1 aromatic carbocycles. The Morgan fingerprint density at radius 1 is 1.05 bits per heavy atom. The zero-order valence-corrected chi connectivity index (χ0v) is 13.9. The van der Waals surface area contributed by atoms with E-state index in [0.717, 1.165) is 24.1 Å². The van der Waals surface area contributed by atoms with E-state index in [4.69, 9.17) is 0 Å². The first-order chi connectivity index (χ1) is 10.3. The van der Waals surface area contributed by atoms with Crippen LogP contribution >= 0.6 is 0 Å². The lowest BCUT2D eigenvalue weighted by molar-refractivity contribution is -0.128. The van der Waals surface area contributed by atoms with Crippen molar-refractivity contribution in [3.63, 3.8) is 0 Å². The molecule has 2 fully saturated rings. The lowest BCUT2D eigenvalue weighted by Gasteiger charge is -2.43. The van der Waals surface area contributed by atoms with Crippen molar-refractivity contribution < 1.29 is 13.2 Å². The number of hydrogen-bond acceptors (Lipinski definition) is 3. The molecule has 5 nitrogen and oxygen atoms in total. The van der Waals surface area contributed by atoms with Gasteiger partial charge in [0.05, 0.1) is 6.26 Å². The van der Waals surface area contributed by atoms with Crippen molar-refractivity contribution in [3.05, 3.63) is 29.8 Å². The van der Waals surface area contributed by atoms with Gasteiger partial charge in [-0.25, -0.2) is 8.42 Å². The van der Waals surface area contributed by atoms with Crippen LogP contribution in [0.5, 0.6) is 0 Å². The van der Waals surface area contributed by atoms with E-state index in [1.165, 1.54) is 10.6 Å². The number of aryl methyl sites for hydroxylation is 1. The largest absolute Gasteiger partial charge is 0.311 e. The molecule has 120 valence electrons. The molecule has 3 rings (SSSR count). The van der Waals surface area contributed by atoms with Crippen molar-refractivity contribution in [2.24, 2.45) is 0 Å². The summed E-state index contributed by atoms with van der Waals surface area (Å²) in [7, 11) is -3.37. The van der Waals surface area contributed by atoms with Crippen molar-refractivity contribution in [2.45, 2.75) is 38.1 Å². The van der Waals surface area contributed by atoms with Crippen LogP contribution in [0.25, 0.3) is 0 Å². The van der Waals surface area contributed by atoms with Crippen molar-refractivity contribution in [1.82, 2.24) is 4.31 Å². The molecule has 0 bridgehead atoms. The summed E-state index contributed by atoms with van der Waals surface area (Å²) in [6.45, 7) is 3.11. The van der Waals surface area contributed by atoms with Crippen LogP contribution in [0.3, 0.4) is 0 Å². The van der Waals surface area contributed by atoms with E-state index in [0.29, 0.717) is 25.9 Å². The topological polar surface area (TPSA) is 57.7 Å². The molecule has 1 spiro atoms. The molecule has 0 aromatic heterocycles. The number of benzene rings is 1. The highest BCUT2D eigenvalue weighted by atomic mass is 32.2. The number of carbonyl (C=O) groups excluding carboxylic acids is 1. The van der Waals surface area contributed by atoms with E-state index in [9.17, 15) is 13.2 Å². The highest BCUT2D eigenvalue weighted by molar-refractivity contribution is 7.88. The fraction of sp³-hybridized carbons (Fsp3) is 0.562. The van der Waals surface area contributed by atoms with Crippen LogP contribution in [-0.4, -0.2) is 43.5 Å². The summed E-state index contributed by atoms with van der Waals surface area (Å²) >= 11 is 0. The summed E-state index contributed by atoms with van der Waals surface area (Å²) in [6.07, 6.45) is 4.03. The maximum Gasteiger partial charge on any atom is 0.248 e. The molecular weight excluding hydrogens is 300 g/mol. The minimum Gasteiger partial charge on any atom is -0.311 e. The van der Waals surface area contributed by atoms with E-state index in [1.807, 2.05) is 31.2 Å². The van der Waals surface area contributed by atoms with Crippen molar-refractivity contribution >= 4 is 21.6 Å². The molecule has 1 unspecified atom stereocenters. The molecule has 0 aliphatic carbocycles. The van der Waals surface area contributed by atoms with Crippen LogP contribution in [0.1, 0.15) is 31.2 Å². The van der Waals surface area contributed by atoms with Crippen molar-refractivity contribution in [3.8, 4) is 0 Å². The Morgan fingerprint density at radius 2 is 1.64 bits per heavy atom. The van der Waals surface area contributed by atoms with Gasteiger partial charge in [-0.15, -0.1) is 0 Å². The van der Waals surface area contributed by atoms with Crippen molar-refractivity contribution in [1.29, 1.82) is 0 Å².